The summed E-state index contributed by atoms with van der Waals surface area (Å²) < 4.78 is 46.4. The quantitative estimate of drug-likeness (QED) is 0.831. The molecule has 7 heteroatoms. The van der Waals surface area contributed by atoms with Crippen molar-refractivity contribution in [1.29, 1.82) is 0 Å². The van der Waals surface area contributed by atoms with Gasteiger partial charge in [0.2, 0.25) is 0 Å². The summed E-state index contributed by atoms with van der Waals surface area (Å²) >= 11 is 0. The summed E-state index contributed by atoms with van der Waals surface area (Å²) in [5, 5.41) is 0. The van der Waals surface area contributed by atoms with Crippen LogP contribution in [-0.2, 0) is 20.9 Å². The molecule has 0 spiro atoms. The van der Waals surface area contributed by atoms with Crippen molar-refractivity contribution in [3.8, 4) is 0 Å². The van der Waals surface area contributed by atoms with Gasteiger partial charge in [0.05, 0.1) is 0 Å². The fourth-order valence-corrected chi connectivity index (χ4v) is 1.37. The Kier molecular flexibility index (Phi) is 5.31. The Morgan fingerprint density at radius 3 is 2.37 bits per heavy atom. The van der Waals surface area contributed by atoms with Gasteiger partial charge in [-0.05, 0) is 5.56 Å². The second-order valence-electron chi connectivity index (χ2n) is 3.82. The highest BCUT2D eigenvalue weighted by atomic mass is 19.4. The van der Waals surface area contributed by atoms with E-state index < -0.39 is 24.3 Å². The average molecular weight is 277 g/mol. The standard InChI is InChI=1S/C12H14F3NO3/c1-18-9(10(16)12(13,14)15)11(17)19-7-8-5-3-2-4-6-8/h2-6,9-10H,7,16H2,1H3/t9-,10-/m0/s1. The summed E-state index contributed by atoms with van der Waals surface area (Å²) in [5.74, 6) is -1.14. The van der Waals surface area contributed by atoms with Crippen molar-refractivity contribution in [2.75, 3.05) is 7.11 Å². The summed E-state index contributed by atoms with van der Waals surface area (Å²) in [6.07, 6.45) is -6.60. The van der Waals surface area contributed by atoms with Crippen LogP contribution >= 0.6 is 0 Å². The van der Waals surface area contributed by atoms with E-state index in [-0.39, 0.29) is 6.61 Å². The highest BCUT2D eigenvalue weighted by Crippen LogP contribution is 2.22. The molecule has 0 aliphatic carbocycles. The van der Waals surface area contributed by atoms with Crippen LogP contribution in [0.5, 0.6) is 0 Å². The molecule has 0 aromatic heterocycles. The molecule has 1 aromatic carbocycles. The lowest BCUT2D eigenvalue weighted by Crippen LogP contribution is -2.51. The maximum atomic E-state index is 12.4. The highest BCUT2D eigenvalue weighted by molar-refractivity contribution is 5.75. The predicted octanol–water partition coefficient (Wildman–Crippen LogP) is 1.63. The smallest absolute Gasteiger partial charge is 0.406 e. The number of carbonyl (C=O) groups is 1. The molecular formula is C12H14F3NO3. The minimum Gasteiger partial charge on any atom is -0.459 e. The fraction of sp³-hybridized carbons (Fsp3) is 0.417. The molecule has 106 valence electrons. The molecule has 0 aliphatic heterocycles. The van der Waals surface area contributed by atoms with E-state index in [0.29, 0.717) is 5.56 Å². The summed E-state index contributed by atoms with van der Waals surface area (Å²) in [7, 11) is 0.972. The van der Waals surface area contributed by atoms with E-state index in [1.165, 1.54) is 0 Å². The van der Waals surface area contributed by atoms with E-state index in [0.717, 1.165) is 7.11 Å². The molecule has 0 saturated heterocycles. The molecule has 0 bridgehead atoms. The van der Waals surface area contributed by atoms with Crippen LogP contribution in [0.3, 0.4) is 0 Å². The zero-order chi connectivity index (χ0) is 14.5. The van der Waals surface area contributed by atoms with Gasteiger partial charge >= 0.3 is 12.1 Å². The first-order valence-corrected chi connectivity index (χ1v) is 5.42. The Morgan fingerprint density at radius 1 is 1.32 bits per heavy atom. The Morgan fingerprint density at radius 2 is 1.89 bits per heavy atom. The van der Waals surface area contributed by atoms with Gasteiger partial charge in [0.1, 0.15) is 12.6 Å². The predicted molar refractivity (Wildman–Crippen MR) is 61.1 cm³/mol. The van der Waals surface area contributed by atoms with Crippen molar-refractivity contribution in [3.63, 3.8) is 0 Å². The number of hydrogen-bond acceptors (Lipinski definition) is 4. The zero-order valence-corrected chi connectivity index (χ0v) is 10.2. The normalized spacial score (nSPS) is 14.8. The molecule has 0 fully saturated rings. The van der Waals surface area contributed by atoms with Crippen LogP contribution in [0.25, 0.3) is 0 Å². The zero-order valence-electron chi connectivity index (χ0n) is 10.2. The molecule has 0 radical (unpaired) electrons. The second kappa shape index (κ2) is 6.53. The van der Waals surface area contributed by atoms with Crippen molar-refractivity contribution in [1.82, 2.24) is 0 Å². The Labute approximate surface area is 108 Å². The third kappa shape index (κ3) is 4.53. The van der Waals surface area contributed by atoms with Gasteiger partial charge in [0, 0.05) is 7.11 Å². The number of hydrogen-bond donors (Lipinski definition) is 1. The molecule has 0 amide bonds. The van der Waals surface area contributed by atoms with E-state index in [4.69, 9.17) is 10.5 Å². The Hall–Kier alpha value is -1.60. The number of carbonyl (C=O) groups excluding carboxylic acids is 1. The van der Waals surface area contributed by atoms with E-state index in [9.17, 15) is 18.0 Å². The fourth-order valence-electron chi connectivity index (χ4n) is 1.37. The van der Waals surface area contributed by atoms with Gasteiger partial charge in [-0.2, -0.15) is 13.2 Å². The van der Waals surface area contributed by atoms with Gasteiger partial charge in [-0.3, -0.25) is 0 Å². The van der Waals surface area contributed by atoms with Crippen molar-refractivity contribution in [2.24, 2.45) is 5.73 Å². The third-order valence-electron chi connectivity index (χ3n) is 2.41. The lowest BCUT2D eigenvalue weighted by atomic mass is 10.1. The molecule has 1 rings (SSSR count). The van der Waals surface area contributed by atoms with Crippen LogP contribution < -0.4 is 5.73 Å². The van der Waals surface area contributed by atoms with Crippen LogP contribution in [-0.4, -0.2) is 31.4 Å². The molecule has 1 aromatic rings. The van der Waals surface area contributed by atoms with Crippen molar-refractivity contribution in [3.05, 3.63) is 35.9 Å². The summed E-state index contributed by atoms with van der Waals surface area (Å²) in [6.45, 7) is -0.135. The molecule has 0 saturated carbocycles. The number of ether oxygens (including phenoxy) is 2. The maximum absolute atomic E-state index is 12.4. The Balaban J connectivity index is 2.60. The van der Waals surface area contributed by atoms with Gasteiger partial charge in [-0.25, -0.2) is 4.79 Å². The minimum atomic E-state index is -4.73. The first-order valence-electron chi connectivity index (χ1n) is 5.42. The number of methoxy groups -OCH3 is 1. The van der Waals surface area contributed by atoms with Crippen molar-refractivity contribution in [2.45, 2.75) is 24.9 Å². The SMILES string of the molecule is CO[C@H](C(=O)OCc1ccccc1)[C@H](N)C(F)(F)F. The lowest BCUT2D eigenvalue weighted by Gasteiger charge is -2.23. The van der Waals surface area contributed by atoms with Crippen LogP contribution in [0.2, 0.25) is 0 Å². The van der Waals surface area contributed by atoms with Crippen LogP contribution in [0, 0.1) is 0 Å². The van der Waals surface area contributed by atoms with Gasteiger partial charge in [-0.15, -0.1) is 0 Å². The van der Waals surface area contributed by atoms with Gasteiger partial charge in [-0.1, -0.05) is 30.3 Å². The summed E-state index contributed by atoms with van der Waals surface area (Å²) in [6, 6.07) is 6.15. The van der Waals surface area contributed by atoms with Crippen LogP contribution in [0.15, 0.2) is 30.3 Å². The number of alkyl halides is 3. The molecule has 0 unspecified atom stereocenters. The molecule has 0 aliphatic rings. The first-order chi connectivity index (χ1) is 8.86. The van der Waals surface area contributed by atoms with Gasteiger partial charge in [0.25, 0.3) is 0 Å². The topological polar surface area (TPSA) is 61.5 Å². The minimum absolute atomic E-state index is 0.135. The van der Waals surface area contributed by atoms with Crippen LogP contribution in [0.1, 0.15) is 5.56 Å². The number of rotatable bonds is 5. The van der Waals surface area contributed by atoms with Crippen LogP contribution in [0.4, 0.5) is 13.2 Å². The maximum Gasteiger partial charge on any atom is 0.406 e. The molecule has 2 N–H and O–H groups in total. The number of halogens is 3. The summed E-state index contributed by atoms with van der Waals surface area (Å²) in [4.78, 5) is 11.5. The number of esters is 1. The monoisotopic (exact) mass is 277 g/mol. The third-order valence-corrected chi connectivity index (χ3v) is 2.41. The second-order valence-corrected chi connectivity index (χ2v) is 3.82. The molecule has 19 heavy (non-hydrogen) atoms. The molecule has 0 heterocycles. The number of benzene rings is 1. The van der Waals surface area contributed by atoms with E-state index in [1.807, 2.05) is 0 Å². The van der Waals surface area contributed by atoms with E-state index in [2.05, 4.69) is 4.74 Å². The van der Waals surface area contributed by atoms with E-state index in [1.54, 1.807) is 30.3 Å². The molecule has 4 nitrogen and oxygen atoms in total. The van der Waals surface area contributed by atoms with E-state index >= 15 is 0 Å². The van der Waals surface area contributed by atoms with Gasteiger partial charge in [0.15, 0.2) is 6.10 Å². The molecule has 2 atom stereocenters. The summed E-state index contributed by atoms with van der Waals surface area (Å²) in [5.41, 5.74) is 5.58. The molecular weight excluding hydrogens is 263 g/mol. The van der Waals surface area contributed by atoms with Crippen molar-refractivity contribution < 1.29 is 27.4 Å². The highest BCUT2D eigenvalue weighted by Gasteiger charge is 2.46. The van der Waals surface area contributed by atoms with Gasteiger partial charge < -0.3 is 15.2 Å². The number of nitrogens with two attached hydrogens (primary N) is 1. The van der Waals surface area contributed by atoms with Crippen molar-refractivity contribution >= 4 is 5.97 Å². The first kappa shape index (κ1) is 15.5. The largest absolute Gasteiger partial charge is 0.459 e. The average Bonchev–Trinajstić information content (AvgIpc) is 2.37. The Bertz CT molecular complexity index is 408. The lowest BCUT2D eigenvalue weighted by molar-refractivity contribution is -0.190.